The number of sulfonamides is 1. The molecule has 7 nitrogen and oxygen atoms in total. The van der Waals surface area contributed by atoms with Crippen LogP contribution in [0.4, 0.5) is 0 Å². The van der Waals surface area contributed by atoms with Gasteiger partial charge in [0.05, 0.1) is 13.1 Å². The molecule has 1 saturated heterocycles. The molecule has 0 saturated carbocycles. The van der Waals surface area contributed by atoms with E-state index in [1.807, 2.05) is 5.32 Å². The summed E-state index contributed by atoms with van der Waals surface area (Å²) in [6.07, 6.45) is 1.08. The minimum atomic E-state index is -3.91. The predicted molar refractivity (Wildman–Crippen MR) is 61.2 cm³/mol. The van der Waals surface area contributed by atoms with Gasteiger partial charge in [-0.1, -0.05) is 11.6 Å². The zero-order valence-corrected chi connectivity index (χ0v) is 10.5. The van der Waals surface area contributed by atoms with Crippen molar-refractivity contribution in [3.63, 3.8) is 0 Å². The first-order chi connectivity index (χ1) is 8.39. The molecule has 96 valence electrons. The number of halogens is 1. The Hall–Kier alpha value is -1.51. The highest BCUT2D eigenvalue weighted by Gasteiger charge is 2.32. The highest BCUT2D eigenvalue weighted by atomic mass is 35.5. The predicted octanol–water partition coefficient (Wildman–Crippen LogP) is -0.618. The van der Waals surface area contributed by atoms with Crippen LogP contribution in [-0.2, 0) is 19.6 Å². The normalized spacial score (nSPS) is 17.6. The molecule has 1 aliphatic rings. The number of hydrogen-bond donors (Lipinski definition) is 1. The second kappa shape index (κ2) is 4.63. The summed E-state index contributed by atoms with van der Waals surface area (Å²) in [7, 11) is -3.91. The highest BCUT2D eigenvalue weighted by Crippen LogP contribution is 2.17. The van der Waals surface area contributed by atoms with Crippen LogP contribution in [0, 0.1) is 0 Å². The summed E-state index contributed by atoms with van der Waals surface area (Å²) in [5, 5.41) is 2.18. The van der Waals surface area contributed by atoms with E-state index in [0.29, 0.717) is 0 Å². The number of aromatic nitrogens is 1. The molecule has 9 heteroatoms. The molecule has 1 aromatic heterocycles. The number of amides is 2. The van der Waals surface area contributed by atoms with E-state index in [9.17, 15) is 18.0 Å². The lowest BCUT2D eigenvalue weighted by Crippen LogP contribution is -2.53. The first-order valence-corrected chi connectivity index (χ1v) is 6.66. The number of carbonyl (C=O) groups excluding carboxylic acids is 2. The quantitative estimate of drug-likeness (QED) is 0.578. The van der Waals surface area contributed by atoms with Gasteiger partial charge in [0.15, 0.2) is 0 Å². The van der Waals surface area contributed by atoms with Crippen molar-refractivity contribution < 1.29 is 18.0 Å². The summed E-state index contributed by atoms with van der Waals surface area (Å²) in [5.41, 5.74) is 0. The summed E-state index contributed by atoms with van der Waals surface area (Å²) in [6.45, 7) is -0.784. The van der Waals surface area contributed by atoms with Crippen LogP contribution in [0.5, 0.6) is 0 Å². The molecule has 18 heavy (non-hydrogen) atoms. The highest BCUT2D eigenvalue weighted by molar-refractivity contribution is 7.89. The Balaban J connectivity index is 2.33. The molecule has 0 aromatic carbocycles. The van der Waals surface area contributed by atoms with Crippen molar-refractivity contribution in [1.29, 1.82) is 0 Å². The molecule has 2 amide bonds. The molecule has 0 radical (unpaired) electrons. The number of nitrogens with zero attached hydrogens (tertiary/aromatic N) is 2. The van der Waals surface area contributed by atoms with Gasteiger partial charge in [-0.15, -0.1) is 0 Å². The van der Waals surface area contributed by atoms with Crippen LogP contribution in [0.1, 0.15) is 0 Å². The van der Waals surface area contributed by atoms with Crippen LogP contribution >= 0.6 is 11.6 Å². The van der Waals surface area contributed by atoms with E-state index >= 15 is 0 Å². The molecule has 1 aliphatic heterocycles. The molecule has 0 bridgehead atoms. The number of pyridine rings is 1. The van der Waals surface area contributed by atoms with Gasteiger partial charge >= 0.3 is 0 Å². The fraction of sp³-hybridized carbons (Fsp3) is 0.222. The Bertz CT molecular complexity index is 583. The summed E-state index contributed by atoms with van der Waals surface area (Å²) < 4.78 is 25.0. The third-order valence-electron chi connectivity index (χ3n) is 2.26. The third kappa shape index (κ3) is 2.50. The Kier molecular flexibility index (Phi) is 3.33. The Morgan fingerprint density at radius 1 is 1.22 bits per heavy atom. The van der Waals surface area contributed by atoms with Crippen molar-refractivity contribution >= 4 is 33.4 Å². The average molecular weight is 290 g/mol. The van der Waals surface area contributed by atoms with Crippen LogP contribution in [0.15, 0.2) is 23.2 Å². The Morgan fingerprint density at radius 3 is 2.33 bits per heavy atom. The monoisotopic (exact) mass is 289 g/mol. The maximum Gasteiger partial charge on any atom is 0.245 e. The lowest BCUT2D eigenvalue weighted by atomic mass is 10.4. The minimum absolute atomic E-state index is 0.116. The number of nitrogens with one attached hydrogen (secondary N) is 1. The number of imide groups is 1. The summed E-state index contributed by atoms with van der Waals surface area (Å²) in [5.74, 6) is -1.31. The van der Waals surface area contributed by atoms with Crippen LogP contribution in [-0.4, -0.2) is 42.6 Å². The zero-order chi connectivity index (χ0) is 13.3. The van der Waals surface area contributed by atoms with Crippen molar-refractivity contribution in [3.05, 3.63) is 23.5 Å². The van der Waals surface area contributed by atoms with Gasteiger partial charge < -0.3 is 0 Å². The molecule has 1 N–H and O–H groups in total. The van der Waals surface area contributed by atoms with Gasteiger partial charge in [0.25, 0.3) is 0 Å². The third-order valence-corrected chi connectivity index (χ3v) is 4.26. The van der Waals surface area contributed by atoms with E-state index in [4.69, 9.17) is 11.6 Å². The van der Waals surface area contributed by atoms with Gasteiger partial charge in [0, 0.05) is 6.20 Å². The second-order valence-corrected chi connectivity index (χ2v) is 5.89. The van der Waals surface area contributed by atoms with Crippen molar-refractivity contribution in [1.82, 2.24) is 14.6 Å². The van der Waals surface area contributed by atoms with E-state index < -0.39 is 34.9 Å². The lowest BCUT2D eigenvalue weighted by Gasteiger charge is -2.24. The van der Waals surface area contributed by atoms with E-state index in [2.05, 4.69) is 4.98 Å². The second-order valence-electron chi connectivity index (χ2n) is 3.56. The fourth-order valence-corrected chi connectivity index (χ4v) is 2.85. The molecule has 0 spiro atoms. The summed E-state index contributed by atoms with van der Waals surface area (Å²) >= 11 is 5.56. The maximum atomic E-state index is 12.1. The number of piperazine rings is 1. The molecule has 1 fully saturated rings. The van der Waals surface area contributed by atoms with Crippen LogP contribution < -0.4 is 5.32 Å². The first kappa shape index (κ1) is 12.9. The topological polar surface area (TPSA) is 96.4 Å². The maximum absolute atomic E-state index is 12.1. The van der Waals surface area contributed by atoms with Gasteiger partial charge in [0.1, 0.15) is 10.0 Å². The minimum Gasteiger partial charge on any atom is -0.294 e. The van der Waals surface area contributed by atoms with Crippen molar-refractivity contribution in [3.8, 4) is 0 Å². The number of carbonyl (C=O) groups is 2. The van der Waals surface area contributed by atoms with Gasteiger partial charge in [0.2, 0.25) is 21.8 Å². The van der Waals surface area contributed by atoms with Crippen LogP contribution in [0.25, 0.3) is 0 Å². The zero-order valence-electron chi connectivity index (χ0n) is 8.96. The molecule has 0 atom stereocenters. The van der Waals surface area contributed by atoms with Gasteiger partial charge in [-0.05, 0) is 12.1 Å². The lowest BCUT2D eigenvalue weighted by molar-refractivity contribution is -0.134. The standard InChI is InChI=1S/C9H8ClN3O4S/c10-7-2-1-6(3-11-7)18(16,17)13-4-8(14)12-9(15)5-13/h1-3H,4-5H2,(H,12,14,15). The smallest absolute Gasteiger partial charge is 0.245 e. The Morgan fingerprint density at radius 2 is 1.83 bits per heavy atom. The molecule has 1 aromatic rings. The van der Waals surface area contributed by atoms with E-state index in [-0.39, 0.29) is 10.0 Å². The molecule has 0 aliphatic carbocycles. The molecular formula is C9H8ClN3O4S. The van der Waals surface area contributed by atoms with Crippen LogP contribution in [0.3, 0.4) is 0 Å². The number of rotatable bonds is 2. The first-order valence-electron chi connectivity index (χ1n) is 4.84. The SMILES string of the molecule is O=C1CN(S(=O)(=O)c2ccc(Cl)nc2)CC(=O)N1. The van der Waals surface area contributed by atoms with Gasteiger partial charge in [-0.25, -0.2) is 13.4 Å². The van der Waals surface area contributed by atoms with E-state index in [1.165, 1.54) is 12.1 Å². The van der Waals surface area contributed by atoms with Crippen molar-refractivity contribution in [2.45, 2.75) is 4.90 Å². The summed E-state index contributed by atoms with van der Waals surface area (Å²) in [6, 6.07) is 2.59. The summed E-state index contributed by atoms with van der Waals surface area (Å²) in [4.78, 5) is 25.8. The van der Waals surface area contributed by atoms with Gasteiger partial charge in [-0.3, -0.25) is 14.9 Å². The average Bonchev–Trinajstić information content (AvgIpc) is 2.28. The molecule has 2 heterocycles. The van der Waals surface area contributed by atoms with E-state index in [1.54, 1.807) is 0 Å². The van der Waals surface area contributed by atoms with Crippen molar-refractivity contribution in [2.24, 2.45) is 0 Å². The fourth-order valence-electron chi connectivity index (χ4n) is 1.44. The molecular weight excluding hydrogens is 282 g/mol. The Labute approximate surface area is 108 Å². The van der Waals surface area contributed by atoms with E-state index in [0.717, 1.165) is 10.5 Å². The molecule has 0 unspecified atom stereocenters. The van der Waals surface area contributed by atoms with Crippen molar-refractivity contribution in [2.75, 3.05) is 13.1 Å². The largest absolute Gasteiger partial charge is 0.294 e. The number of hydrogen-bond acceptors (Lipinski definition) is 5. The van der Waals surface area contributed by atoms with Crippen LogP contribution in [0.2, 0.25) is 5.15 Å². The van der Waals surface area contributed by atoms with Gasteiger partial charge in [-0.2, -0.15) is 4.31 Å². The molecule has 2 rings (SSSR count).